The third-order valence-electron chi connectivity index (χ3n) is 3.31. The monoisotopic (exact) mass is 341 g/mol. The van der Waals surface area contributed by atoms with Gasteiger partial charge in [0.05, 0.1) is 23.4 Å². The van der Waals surface area contributed by atoms with Gasteiger partial charge in [0.1, 0.15) is 5.82 Å². The van der Waals surface area contributed by atoms with Crippen molar-refractivity contribution in [3.63, 3.8) is 0 Å². The maximum absolute atomic E-state index is 13.2. The first kappa shape index (κ1) is 17.8. The normalized spacial score (nSPS) is 11.2. The van der Waals surface area contributed by atoms with Crippen LogP contribution in [-0.2, 0) is 10.9 Å². The second-order valence-electron chi connectivity index (χ2n) is 5.03. The van der Waals surface area contributed by atoms with Crippen molar-refractivity contribution in [3.8, 4) is 0 Å². The fraction of sp³-hybridized carbons (Fsp3) is 0.235. The maximum Gasteiger partial charge on any atom is 0.417 e. The third kappa shape index (κ3) is 3.84. The molecule has 0 radical (unpaired) electrons. The van der Waals surface area contributed by atoms with Gasteiger partial charge in [-0.25, -0.2) is 9.18 Å². The number of hydrogen-bond acceptors (Lipinski definition) is 3. The van der Waals surface area contributed by atoms with Gasteiger partial charge in [-0.05, 0) is 49.7 Å². The topological polar surface area (TPSA) is 38.3 Å². The van der Waals surface area contributed by atoms with Crippen molar-refractivity contribution in [1.29, 1.82) is 0 Å². The minimum atomic E-state index is -4.71. The molecular weight excluding hydrogens is 326 g/mol. The first-order valence-corrected chi connectivity index (χ1v) is 7.14. The molecule has 0 aliphatic rings. The Morgan fingerprint density at radius 2 is 1.88 bits per heavy atom. The molecule has 0 heterocycles. The zero-order chi connectivity index (χ0) is 17.9. The predicted octanol–water partition coefficient (Wildman–Crippen LogP) is 5.07. The summed E-state index contributed by atoms with van der Waals surface area (Å²) in [5.41, 5.74) is -0.872. The molecule has 2 aromatic carbocycles. The number of halogens is 4. The number of benzene rings is 2. The van der Waals surface area contributed by atoms with Crippen LogP contribution >= 0.6 is 0 Å². The van der Waals surface area contributed by atoms with E-state index in [1.165, 1.54) is 37.3 Å². The van der Waals surface area contributed by atoms with E-state index in [0.29, 0.717) is 11.3 Å². The lowest BCUT2D eigenvalue weighted by Gasteiger charge is -2.18. The van der Waals surface area contributed by atoms with E-state index in [0.717, 1.165) is 6.07 Å². The van der Waals surface area contributed by atoms with Crippen molar-refractivity contribution in [2.24, 2.45) is 0 Å². The van der Waals surface area contributed by atoms with E-state index in [1.54, 1.807) is 6.92 Å². The van der Waals surface area contributed by atoms with Crippen LogP contribution in [0.2, 0.25) is 0 Å². The van der Waals surface area contributed by atoms with Gasteiger partial charge in [0.15, 0.2) is 0 Å². The maximum atomic E-state index is 13.2. The summed E-state index contributed by atoms with van der Waals surface area (Å²) in [7, 11) is 0. The van der Waals surface area contributed by atoms with E-state index in [4.69, 9.17) is 4.74 Å². The minimum absolute atomic E-state index is 0.0555. The Kier molecular flexibility index (Phi) is 5.11. The molecule has 1 N–H and O–H groups in total. The number of hydrogen-bond donors (Lipinski definition) is 1. The summed E-state index contributed by atoms with van der Waals surface area (Å²) in [4.78, 5) is 12.0. The number of carbonyl (C=O) groups is 1. The van der Waals surface area contributed by atoms with Crippen LogP contribution in [-0.4, -0.2) is 12.6 Å². The number of alkyl halides is 3. The summed E-state index contributed by atoms with van der Waals surface area (Å²) in [5, 5.41) is 2.75. The summed E-state index contributed by atoms with van der Waals surface area (Å²) < 4.78 is 57.6. The Morgan fingerprint density at radius 3 is 2.46 bits per heavy atom. The molecule has 0 saturated carbocycles. The smallest absolute Gasteiger partial charge is 0.417 e. The summed E-state index contributed by atoms with van der Waals surface area (Å²) in [6.45, 7) is 3.05. The second-order valence-corrected chi connectivity index (χ2v) is 5.03. The summed E-state index contributed by atoms with van der Waals surface area (Å²) >= 11 is 0. The molecule has 0 atom stereocenters. The average molecular weight is 341 g/mol. The average Bonchev–Trinajstić information content (AvgIpc) is 2.49. The van der Waals surface area contributed by atoms with Crippen molar-refractivity contribution in [2.75, 3.05) is 11.9 Å². The van der Waals surface area contributed by atoms with Crippen molar-refractivity contribution in [1.82, 2.24) is 0 Å². The number of ether oxygens (including phenoxy) is 1. The zero-order valence-corrected chi connectivity index (χ0v) is 13.0. The van der Waals surface area contributed by atoms with E-state index in [-0.39, 0.29) is 12.3 Å². The van der Waals surface area contributed by atoms with Crippen molar-refractivity contribution < 1.29 is 27.1 Å². The van der Waals surface area contributed by atoms with Crippen molar-refractivity contribution >= 4 is 17.3 Å². The molecule has 0 saturated heterocycles. The lowest BCUT2D eigenvalue weighted by atomic mass is 10.0. The van der Waals surface area contributed by atoms with E-state index in [9.17, 15) is 22.4 Å². The highest BCUT2D eigenvalue weighted by Crippen LogP contribution is 2.36. The van der Waals surface area contributed by atoms with Gasteiger partial charge in [-0.3, -0.25) is 0 Å². The molecule has 7 heteroatoms. The van der Waals surface area contributed by atoms with Crippen LogP contribution in [0.5, 0.6) is 0 Å². The molecule has 0 aliphatic carbocycles. The van der Waals surface area contributed by atoms with Crippen LogP contribution in [0.15, 0.2) is 36.4 Å². The van der Waals surface area contributed by atoms with Gasteiger partial charge in [0.2, 0.25) is 0 Å². The first-order chi connectivity index (χ1) is 11.2. The molecule has 3 nitrogen and oxygen atoms in total. The molecule has 0 bridgehead atoms. The summed E-state index contributed by atoms with van der Waals surface area (Å²) in [5.74, 6) is -1.54. The van der Waals surface area contributed by atoms with Gasteiger partial charge in [-0.15, -0.1) is 0 Å². The van der Waals surface area contributed by atoms with Crippen molar-refractivity contribution in [3.05, 3.63) is 58.9 Å². The SMILES string of the molecule is CCOC(=O)c1c(Nc2ccc(F)cc2C)cccc1C(F)(F)F. The summed E-state index contributed by atoms with van der Waals surface area (Å²) in [6, 6.07) is 7.14. The predicted molar refractivity (Wildman–Crippen MR) is 81.8 cm³/mol. The van der Waals surface area contributed by atoms with E-state index >= 15 is 0 Å². The summed E-state index contributed by atoms with van der Waals surface area (Å²) in [6.07, 6.45) is -4.71. The Hall–Kier alpha value is -2.57. The van der Waals surface area contributed by atoms with Crippen molar-refractivity contribution in [2.45, 2.75) is 20.0 Å². The molecule has 24 heavy (non-hydrogen) atoms. The molecular formula is C17H15F4NO2. The number of esters is 1. The molecule has 2 rings (SSSR count). The van der Waals surface area contributed by atoms with Gasteiger partial charge < -0.3 is 10.1 Å². The van der Waals surface area contributed by atoms with Gasteiger partial charge >= 0.3 is 12.1 Å². The number of carbonyl (C=O) groups excluding carboxylic acids is 1. The van der Waals surface area contributed by atoms with Gasteiger partial charge in [0.25, 0.3) is 0 Å². The molecule has 0 spiro atoms. The number of anilines is 2. The molecule has 0 fully saturated rings. The third-order valence-corrected chi connectivity index (χ3v) is 3.31. The quantitative estimate of drug-likeness (QED) is 0.623. The second kappa shape index (κ2) is 6.90. The fourth-order valence-corrected chi connectivity index (χ4v) is 2.23. The van der Waals surface area contributed by atoms with E-state index < -0.39 is 29.1 Å². The van der Waals surface area contributed by atoms with Crippen LogP contribution in [0.3, 0.4) is 0 Å². The molecule has 128 valence electrons. The Morgan fingerprint density at radius 1 is 1.17 bits per heavy atom. The zero-order valence-electron chi connectivity index (χ0n) is 13.0. The standard InChI is InChI=1S/C17H15F4NO2/c1-3-24-16(23)15-12(17(19,20)21)5-4-6-14(15)22-13-8-7-11(18)9-10(13)2/h4-9,22H,3H2,1-2H3. The van der Waals surface area contributed by atoms with Gasteiger partial charge in [-0.1, -0.05) is 6.07 Å². The Balaban J connectivity index is 2.54. The van der Waals surface area contributed by atoms with Crippen LogP contribution in [0, 0.1) is 12.7 Å². The number of rotatable bonds is 4. The molecule has 0 amide bonds. The lowest BCUT2D eigenvalue weighted by Crippen LogP contribution is -2.17. The van der Waals surface area contributed by atoms with Gasteiger partial charge in [-0.2, -0.15) is 13.2 Å². The Labute approximate surface area is 136 Å². The molecule has 0 aliphatic heterocycles. The Bertz CT molecular complexity index is 757. The van der Waals surface area contributed by atoms with E-state index in [2.05, 4.69) is 5.32 Å². The van der Waals surface area contributed by atoms with Crippen LogP contribution in [0.25, 0.3) is 0 Å². The minimum Gasteiger partial charge on any atom is -0.462 e. The largest absolute Gasteiger partial charge is 0.462 e. The van der Waals surface area contributed by atoms with E-state index in [1.807, 2.05) is 0 Å². The highest BCUT2D eigenvalue weighted by molar-refractivity contribution is 5.98. The molecule has 0 unspecified atom stereocenters. The highest BCUT2D eigenvalue weighted by Gasteiger charge is 2.37. The van der Waals surface area contributed by atoms with Crippen LogP contribution in [0.4, 0.5) is 28.9 Å². The van der Waals surface area contributed by atoms with Crippen LogP contribution < -0.4 is 5.32 Å². The van der Waals surface area contributed by atoms with Crippen LogP contribution in [0.1, 0.15) is 28.4 Å². The highest BCUT2D eigenvalue weighted by atomic mass is 19.4. The lowest BCUT2D eigenvalue weighted by molar-refractivity contribution is -0.138. The first-order valence-electron chi connectivity index (χ1n) is 7.14. The van der Waals surface area contributed by atoms with Gasteiger partial charge in [0, 0.05) is 5.69 Å². The number of aryl methyl sites for hydroxylation is 1. The number of nitrogens with one attached hydrogen (secondary N) is 1. The molecule has 0 aromatic heterocycles. The fourth-order valence-electron chi connectivity index (χ4n) is 2.23. The molecule has 2 aromatic rings.